The van der Waals surface area contributed by atoms with Gasteiger partial charge in [0.05, 0.1) is 11.7 Å². The molecule has 0 heterocycles. The minimum atomic E-state index is -0.830. The Labute approximate surface area is 73.6 Å². The van der Waals surface area contributed by atoms with Crippen molar-refractivity contribution in [1.82, 2.24) is 0 Å². The van der Waals surface area contributed by atoms with Crippen molar-refractivity contribution >= 4 is 0 Å². The molecule has 3 rings (SSSR count). The number of hydrogen-bond donors (Lipinski definition) is 2. The number of aliphatic hydroxyl groups excluding tert-OH is 1. The summed E-state index contributed by atoms with van der Waals surface area (Å²) in [5.41, 5.74) is -0.579. The van der Waals surface area contributed by atoms with E-state index < -0.39 is 11.7 Å². The van der Waals surface area contributed by atoms with Gasteiger partial charge in [0, 0.05) is 0 Å². The quantitative estimate of drug-likeness (QED) is 0.573. The van der Waals surface area contributed by atoms with Crippen LogP contribution in [0.2, 0.25) is 0 Å². The van der Waals surface area contributed by atoms with E-state index in [0.717, 1.165) is 12.8 Å². The molecule has 3 saturated carbocycles. The molecule has 0 unspecified atom stereocenters. The molecule has 0 radical (unpaired) electrons. The lowest BCUT2D eigenvalue weighted by molar-refractivity contribution is -0.233. The van der Waals surface area contributed by atoms with E-state index in [9.17, 15) is 10.2 Å². The van der Waals surface area contributed by atoms with Gasteiger partial charge in [-0.05, 0) is 37.0 Å². The molecule has 2 heteroatoms. The highest BCUT2D eigenvalue weighted by Gasteiger charge is 2.61. The predicted octanol–water partition coefficient (Wildman–Crippen LogP) is 1.16. The predicted molar refractivity (Wildman–Crippen MR) is 46.6 cm³/mol. The van der Waals surface area contributed by atoms with Crippen LogP contribution in [0.25, 0.3) is 0 Å². The summed E-state index contributed by atoms with van der Waals surface area (Å²) in [5, 5.41) is 19.7. The molecule has 2 nitrogen and oxygen atoms in total. The van der Waals surface area contributed by atoms with Crippen molar-refractivity contribution in [2.45, 2.75) is 45.3 Å². The normalized spacial score (nSPS) is 56.2. The molecule has 2 N–H and O–H groups in total. The van der Waals surface area contributed by atoms with Crippen LogP contribution in [0.5, 0.6) is 0 Å². The molecule has 0 aromatic carbocycles. The Kier molecular flexibility index (Phi) is 1.45. The molecule has 70 valence electrons. The zero-order valence-corrected chi connectivity index (χ0v) is 8.04. The van der Waals surface area contributed by atoms with Crippen molar-refractivity contribution < 1.29 is 10.2 Å². The standard InChI is InChI=1S/C10H18O2/c1-9(2)6-4-7(9)8(11)10(3,12)5-6/h6-8,11-12H,4-5H2,1-3H3/t6-,7+,8-,10+/m1/s1. The van der Waals surface area contributed by atoms with E-state index in [0.29, 0.717) is 11.8 Å². The van der Waals surface area contributed by atoms with Gasteiger partial charge >= 0.3 is 0 Å². The zero-order chi connectivity index (χ0) is 9.15. The van der Waals surface area contributed by atoms with Gasteiger partial charge in [0.15, 0.2) is 0 Å². The highest BCUT2D eigenvalue weighted by atomic mass is 16.3. The smallest absolute Gasteiger partial charge is 0.0883 e. The summed E-state index contributed by atoms with van der Waals surface area (Å²) in [5.74, 6) is 0.923. The molecule has 12 heavy (non-hydrogen) atoms. The van der Waals surface area contributed by atoms with Crippen molar-refractivity contribution in [3.63, 3.8) is 0 Å². The second-order valence-corrected chi connectivity index (χ2v) is 5.37. The lowest BCUT2D eigenvalue weighted by Gasteiger charge is -2.63. The fraction of sp³-hybridized carbons (Fsp3) is 1.00. The van der Waals surface area contributed by atoms with Crippen LogP contribution in [0.1, 0.15) is 33.6 Å². The summed E-state index contributed by atoms with van der Waals surface area (Å²) < 4.78 is 0. The van der Waals surface area contributed by atoms with Crippen LogP contribution >= 0.6 is 0 Å². The van der Waals surface area contributed by atoms with Crippen LogP contribution in [-0.2, 0) is 0 Å². The summed E-state index contributed by atoms with van der Waals surface area (Å²) in [7, 11) is 0. The van der Waals surface area contributed by atoms with Gasteiger partial charge in [-0.3, -0.25) is 0 Å². The van der Waals surface area contributed by atoms with E-state index in [2.05, 4.69) is 13.8 Å². The maximum atomic E-state index is 9.83. The molecule has 2 bridgehead atoms. The summed E-state index contributed by atoms with van der Waals surface area (Å²) in [6.45, 7) is 6.15. The van der Waals surface area contributed by atoms with Crippen LogP contribution in [0.3, 0.4) is 0 Å². The van der Waals surface area contributed by atoms with Gasteiger partial charge in [0.25, 0.3) is 0 Å². The third kappa shape index (κ3) is 0.826. The minimum Gasteiger partial charge on any atom is -0.390 e. The highest BCUT2D eigenvalue weighted by molar-refractivity contribution is 5.10. The summed E-state index contributed by atoms with van der Waals surface area (Å²) in [6.07, 6.45) is 1.35. The molecule has 3 aliphatic carbocycles. The topological polar surface area (TPSA) is 40.5 Å². The van der Waals surface area contributed by atoms with Gasteiger partial charge in [-0.25, -0.2) is 0 Å². The van der Waals surface area contributed by atoms with Crippen molar-refractivity contribution in [2.75, 3.05) is 0 Å². The SMILES string of the molecule is CC1(C)[C@@H]2C[C@H]1[C@@H](O)[C@@](C)(O)C2. The molecule has 0 aromatic rings. The Bertz CT molecular complexity index is 200. The van der Waals surface area contributed by atoms with Crippen molar-refractivity contribution in [1.29, 1.82) is 0 Å². The summed E-state index contributed by atoms with van der Waals surface area (Å²) in [4.78, 5) is 0. The Morgan fingerprint density at radius 2 is 1.83 bits per heavy atom. The average Bonchev–Trinajstić information content (AvgIpc) is 1.93. The molecule has 4 atom stereocenters. The molecule has 0 amide bonds. The lowest BCUT2D eigenvalue weighted by atomic mass is 9.45. The molecule has 0 saturated heterocycles. The van der Waals surface area contributed by atoms with Gasteiger partial charge in [-0.15, -0.1) is 0 Å². The molecule has 0 aromatic heterocycles. The van der Waals surface area contributed by atoms with Gasteiger partial charge in [-0.2, -0.15) is 0 Å². The van der Waals surface area contributed by atoms with Gasteiger partial charge in [-0.1, -0.05) is 13.8 Å². The minimum absolute atomic E-state index is 0.252. The maximum Gasteiger partial charge on any atom is 0.0883 e. The Morgan fingerprint density at radius 3 is 2.17 bits per heavy atom. The van der Waals surface area contributed by atoms with Crippen molar-refractivity contribution in [3.05, 3.63) is 0 Å². The molecular formula is C10H18O2. The second-order valence-electron chi connectivity index (χ2n) is 5.37. The van der Waals surface area contributed by atoms with E-state index in [1.165, 1.54) is 0 Å². The third-order valence-electron chi connectivity index (χ3n) is 4.22. The van der Waals surface area contributed by atoms with Gasteiger partial charge in [0.1, 0.15) is 0 Å². The Morgan fingerprint density at radius 1 is 1.25 bits per heavy atom. The van der Waals surface area contributed by atoms with E-state index in [1.807, 2.05) is 0 Å². The van der Waals surface area contributed by atoms with Crippen molar-refractivity contribution in [3.8, 4) is 0 Å². The third-order valence-corrected chi connectivity index (χ3v) is 4.22. The zero-order valence-electron chi connectivity index (χ0n) is 8.04. The van der Waals surface area contributed by atoms with Crippen LogP contribution in [0.4, 0.5) is 0 Å². The first-order valence-corrected chi connectivity index (χ1v) is 4.76. The summed E-state index contributed by atoms with van der Waals surface area (Å²) in [6, 6.07) is 0. The van der Waals surface area contributed by atoms with Gasteiger partial charge in [0.2, 0.25) is 0 Å². The number of fused-ring (bicyclic) bond motifs is 2. The van der Waals surface area contributed by atoms with Crippen LogP contribution in [0.15, 0.2) is 0 Å². The largest absolute Gasteiger partial charge is 0.390 e. The number of aliphatic hydroxyl groups is 2. The first kappa shape index (κ1) is 8.52. The number of hydrogen-bond acceptors (Lipinski definition) is 2. The number of rotatable bonds is 0. The molecule has 3 fully saturated rings. The highest BCUT2D eigenvalue weighted by Crippen LogP contribution is 2.61. The monoisotopic (exact) mass is 170 g/mol. The van der Waals surface area contributed by atoms with E-state index in [-0.39, 0.29) is 5.41 Å². The molecule has 3 aliphatic rings. The van der Waals surface area contributed by atoms with Crippen LogP contribution in [0, 0.1) is 17.3 Å². The summed E-state index contributed by atoms with van der Waals surface area (Å²) >= 11 is 0. The lowest BCUT2D eigenvalue weighted by Crippen LogP contribution is -2.64. The fourth-order valence-electron chi connectivity index (χ4n) is 2.99. The molecule has 0 spiro atoms. The first-order chi connectivity index (χ1) is 5.36. The Balaban J connectivity index is 2.23. The van der Waals surface area contributed by atoms with E-state index in [4.69, 9.17) is 0 Å². The first-order valence-electron chi connectivity index (χ1n) is 4.76. The van der Waals surface area contributed by atoms with Crippen LogP contribution < -0.4 is 0 Å². The van der Waals surface area contributed by atoms with Crippen LogP contribution in [-0.4, -0.2) is 21.9 Å². The Hall–Kier alpha value is -0.0800. The average molecular weight is 170 g/mol. The fourth-order valence-corrected chi connectivity index (χ4v) is 2.99. The van der Waals surface area contributed by atoms with Crippen molar-refractivity contribution in [2.24, 2.45) is 17.3 Å². The maximum absolute atomic E-state index is 9.83. The van der Waals surface area contributed by atoms with E-state index in [1.54, 1.807) is 6.92 Å². The van der Waals surface area contributed by atoms with Gasteiger partial charge < -0.3 is 10.2 Å². The van der Waals surface area contributed by atoms with E-state index >= 15 is 0 Å². The molecular weight excluding hydrogens is 152 g/mol. The second kappa shape index (κ2) is 2.05. The molecule has 0 aliphatic heterocycles.